The van der Waals surface area contributed by atoms with E-state index in [1.54, 1.807) is 19.9 Å². The van der Waals surface area contributed by atoms with E-state index in [0.29, 0.717) is 23.3 Å². The smallest absolute Gasteiger partial charge is 0.339 e. The first-order valence-corrected chi connectivity index (χ1v) is 9.56. The standard InChI is InChI=1S/C21H25NO6/c1-4-11(2)18(20(24)25)22-17(23)10-27-16-9-8-14-13-6-5-7-15(13)21(26)28-19(14)12(16)3/h8-9,11,18H,4-7,10H2,1-3H3,(H,22,23)(H,24,25)/t11?,18-/m1/s1. The summed E-state index contributed by atoms with van der Waals surface area (Å²) in [5, 5.41) is 12.7. The minimum Gasteiger partial charge on any atom is -0.483 e. The number of nitrogens with one attached hydrogen (secondary N) is 1. The Morgan fingerprint density at radius 2 is 2.00 bits per heavy atom. The second-order valence-corrected chi connectivity index (χ2v) is 7.32. The molecule has 1 unspecified atom stereocenters. The van der Waals surface area contributed by atoms with Crippen LogP contribution in [0.5, 0.6) is 5.75 Å². The van der Waals surface area contributed by atoms with Crippen LogP contribution in [0.1, 0.15) is 43.4 Å². The molecule has 28 heavy (non-hydrogen) atoms. The monoisotopic (exact) mass is 387 g/mol. The number of carbonyl (C=O) groups is 2. The molecule has 0 spiro atoms. The Bertz CT molecular complexity index is 977. The van der Waals surface area contributed by atoms with Gasteiger partial charge in [-0.15, -0.1) is 0 Å². The molecule has 3 rings (SSSR count). The van der Waals surface area contributed by atoms with Gasteiger partial charge in [0.25, 0.3) is 5.91 Å². The lowest BCUT2D eigenvalue weighted by Crippen LogP contribution is -2.46. The highest BCUT2D eigenvalue weighted by Gasteiger charge is 2.26. The number of aliphatic carboxylic acids is 1. The lowest BCUT2D eigenvalue weighted by Gasteiger charge is -2.20. The molecule has 1 amide bonds. The van der Waals surface area contributed by atoms with E-state index in [0.717, 1.165) is 35.8 Å². The number of rotatable bonds is 7. The Labute approximate surface area is 162 Å². The molecule has 1 aliphatic rings. The van der Waals surface area contributed by atoms with Crippen molar-refractivity contribution in [2.24, 2.45) is 5.92 Å². The maximum atomic E-state index is 12.2. The highest BCUT2D eigenvalue weighted by Crippen LogP contribution is 2.32. The van der Waals surface area contributed by atoms with E-state index in [1.807, 2.05) is 13.0 Å². The summed E-state index contributed by atoms with van der Waals surface area (Å²) in [7, 11) is 0. The first-order valence-electron chi connectivity index (χ1n) is 9.56. The zero-order valence-electron chi connectivity index (χ0n) is 16.3. The van der Waals surface area contributed by atoms with Crippen LogP contribution >= 0.6 is 0 Å². The number of benzene rings is 1. The second-order valence-electron chi connectivity index (χ2n) is 7.32. The molecule has 0 radical (unpaired) electrons. The maximum Gasteiger partial charge on any atom is 0.339 e. The van der Waals surface area contributed by atoms with Gasteiger partial charge in [-0.05, 0) is 49.8 Å². The summed E-state index contributed by atoms with van der Waals surface area (Å²) in [6, 6.07) is 2.65. The van der Waals surface area contributed by atoms with E-state index >= 15 is 0 Å². The van der Waals surface area contributed by atoms with E-state index in [4.69, 9.17) is 9.15 Å². The number of amides is 1. The minimum atomic E-state index is -1.07. The molecule has 7 heteroatoms. The van der Waals surface area contributed by atoms with Crippen LogP contribution in [0, 0.1) is 12.8 Å². The lowest BCUT2D eigenvalue weighted by molar-refractivity contribution is -0.143. The van der Waals surface area contributed by atoms with Crippen molar-refractivity contribution in [1.29, 1.82) is 0 Å². The number of carbonyl (C=O) groups excluding carboxylic acids is 1. The fraction of sp³-hybridized carbons (Fsp3) is 0.476. The fourth-order valence-electron chi connectivity index (χ4n) is 3.66. The fourth-order valence-corrected chi connectivity index (χ4v) is 3.66. The summed E-state index contributed by atoms with van der Waals surface area (Å²) in [5.74, 6) is -1.35. The molecule has 7 nitrogen and oxygen atoms in total. The van der Waals surface area contributed by atoms with Gasteiger partial charge in [0.1, 0.15) is 17.4 Å². The summed E-state index contributed by atoms with van der Waals surface area (Å²) in [6.07, 6.45) is 3.17. The molecule has 0 saturated carbocycles. The normalized spacial score (nSPS) is 15.1. The van der Waals surface area contributed by atoms with Crippen molar-refractivity contribution in [3.63, 3.8) is 0 Å². The largest absolute Gasteiger partial charge is 0.483 e. The summed E-state index contributed by atoms with van der Waals surface area (Å²) in [4.78, 5) is 35.7. The summed E-state index contributed by atoms with van der Waals surface area (Å²) in [6.45, 7) is 5.10. The average molecular weight is 387 g/mol. The topological polar surface area (TPSA) is 106 Å². The van der Waals surface area contributed by atoms with Crippen LogP contribution in [0.15, 0.2) is 21.3 Å². The third-order valence-electron chi connectivity index (χ3n) is 5.49. The lowest BCUT2D eigenvalue weighted by atomic mass is 9.99. The van der Waals surface area contributed by atoms with Crippen molar-refractivity contribution in [3.8, 4) is 5.75 Å². The molecule has 0 fully saturated rings. The number of aryl methyl sites for hydroxylation is 2. The Morgan fingerprint density at radius 1 is 1.29 bits per heavy atom. The highest BCUT2D eigenvalue weighted by atomic mass is 16.5. The third-order valence-corrected chi connectivity index (χ3v) is 5.49. The summed E-state index contributed by atoms with van der Waals surface area (Å²) >= 11 is 0. The van der Waals surface area contributed by atoms with Gasteiger partial charge in [0, 0.05) is 16.5 Å². The van der Waals surface area contributed by atoms with Gasteiger partial charge < -0.3 is 19.6 Å². The zero-order chi connectivity index (χ0) is 20.4. The molecule has 1 aromatic heterocycles. The van der Waals surface area contributed by atoms with E-state index in [9.17, 15) is 19.5 Å². The molecular formula is C21H25NO6. The van der Waals surface area contributed by atoms with Crippen LogP contribution in [0.4, 0.5) is 0 Å². The zero-order valence-corrected chi connectivity index (χ0v) is 16.3. The van der Waals surface area contributed by atoms with E-state index < -0.39 is 17.9 Å². The number of hydrogen-bond donors (Lipinski definition) is 2. The van der Waals surface area contributed by atoms with Gasteiger partial charge in [-0.1, -0.05) is 20.3 Å². The number of ether oxygens (including phenoxy) is 1. The molecular weight excluding hydrogens is 362 g/mol. The second kappa shape index (κ2) is 8.04. The molecule has 1 aromatic carbocycles. The first-order chi connectivity index (χ1) is 13.3. The molecule has 0 aliphatic heterocycles. The van der Waals surface area contributed by atoms with Gasteiger partial charge in [0.15, 0.2) is 6.61 Å². The van der Waals surface area contributed by atoms with Crippen LogP contribution < -0.4 is 15.7 Å². The first kappa shape index (κ1) is 19.9. The average Bonchev–Trinajstić information content (AvgIpc) is 3.16. The molecule has 1 heterocycles. The van der Waals surface area contributed by atoms with Gasteiger partial charge in [0.2, 0.25) is 0 Å². The molecule has 1 aliphatic carbocycles. The number of carboxylic acids is 1. The molecule has 150 valence electrons. The number of fused-ring (bicyclic) bond motifs is 3. The van der Waals surface area contributed by atoms with Gasteiger partial charge in [-0.25, -0.2) is 9.59 Å². The van der Waals surface area contributed by atoms with Crippen LogP contribution in [0.3, 0.4) is 0 Å². The molecule has 2 aromatic rings. The van der Waals surface area contributed by atoms with E-state index in [2.05, 4.69) is 5.32 Å². The molecule has 0 saturated heterocycles. The van der Waals surface area contributed by atoms with Crippen molar-refractivity contribution in [3.05, 3.63) is 39.2 Å². The maximum absolute atomic E-state index is 12.2. The Kier molecular flexibility index (Phi) is 5.72. The SMILES string of the molecule is CCC(C)[C@@H](NC(=O)COc1ccc2c3c(c(=O)oc2c1C)CCC3)C(=O)O. The Balaban J connectivity index is 1.77. The van der Waals surface area contributed by atoms with Crippen LogP contribution in [-0.2, 0) is 22.4 Å². The Hall–Kier alpha value is -2.83. The number of hydrogen-bond acceptors (Lipinski definition) is 5. The van der Waals surface area contributed by atoms with Crippen molar-refractivity contribution < 1.29 is 23.8 Å². The molecule has 0 bridgehead atoms. The number of carboxylic acid groups (broad SMARTS) is 1. The quantitative estimate of drug-likeness (QED) is 0.708. The van der Waals surface area contributed by atoms with Crippen LogP contribution in [0.25, 0.3) is 11.0 Å². The van der Waals surface area contributed by atoms with Crippen molar-refractivity contribution in [1.82, 2.24) is 5.32 Å². The van der Waals surface area contributed by atoms with E-state index in [1.165, 1.54) is 0 Å². The van der Waals surface area contributed by atoms with Gasteiger partial charge in [0.05, 0.1) is 0 Å². The summed E-state index contributed by atoms with van der Waals surface area (Å²) in [5.41, 5.74) is 2.61. The van der Waals surface area contributed by atoms with Gasteiger partial charge in [-0.3, -0.25) is 4.79 Å². The van der Waals surface area contributed by atoms with Crippen molar-refractivity contribution in [2.75, 3.05) is 6.61 Å². The Morgan fingerprint density at radius 3 is 2.68 bits per heavy atom. The van der Waals surface area contributed by atoms with Crippen LogP contribution in [0.2, 0.25) is 0 Å². The predicted octanol–water partition coefficient (Wildman–Crippen LogP) is 2.58. The summed E-state index contributed by atoms with van der Waals surface area (Å²) < 4.78 is 11.1. The minimum absolute atomic E-state index is 0.194. The highest BCUT2D eigenvalue weighted by molar-refractivity contribution is 5.87. The molecule has 2 atom stereocenters. The van der Waals surface area contributed by atoms with Gasteiger partial charge >= 0.3 is 11.6 Å². The molecule has 2 N–H and O–H groups in total. The van der Waals surface area contributed by atoms with E-state index in [-0.39, 0.29) is 18.2 Å². The third kappa shape index (κ3) is 3.74. The van der Waals surface area contributed by atoms with Crippen molar-refractivity contribution in [2.45, 2.75) is 52.5 Å². The van der Waals surface area contributed by atoms with Gasteiger partial charge in [-0.2, -0.15) is 0 Å². The van der Waals surface area contributed by atoms with Crippen molar-refractivity contribution >= 4 is 22.8 Å². The van der Waals surface area contributed by atoms with Crippen LogP contribution in [-0.4, -0.2) is 29.6 Å². The predicted molar refractivity (Wildman–Crippen MR) is 104 cm³/mol.